The van der Waals surface area contributed by atoms with E-state index in [0.717, 1.165) is 6.42 Å². The predicted molar refractivity (Wildman–Crippen MR) is 89.0 cm³/mol. The second-order valence-electron chi connectivity index (χ2n) is 5.88. The molecule has 0 nitrogen and oxygen atoms in total. The van der Waals surface area contributed by atoms with Crippen LogP contribution in [0.1, 0.15) is 23.6 Å². The molecule has 4 rings (SSSR count). The summed E-state index contributed by atoms with van der Waals surface area (Å²) in [6.45, 7) is 6.66. The smallest absolute Gasteiger partial charge is 0.00215 e. The molecule has 0 fully saturated rings. The highest BCUT2D eigenvalue weighted by molar-refractivity contribution is 6.24. The highest BCUT2D eigenvalue weighted by Gasteiger charge is 2.11. The van der Waals surface area contributed by atoms with Crippen molar-refractivity contribution in [1.82, 2.24) is 0 Å². The summed E-state index contributed by atoms with van der Waals surface area (Å²) in [5, 5.41) is 8.43. The molecule has 0 N–H and O–H groups in total. The first-order valence-electron chi connectivity index (χ1n) is 7.36. The fraction of sp³-hybridized carbons (Fsp3) is 0.200. The van der Waals surface area contributed by atoms with Crippen LogP contribution in [0.4, 0.5) is 0 Å². The van der Waals surface area contributed by atoms with Gasteiger partial charge in [-0.1, -0.05) is 49.4 Å². The first-order valence-corrected chi connectivity index (χ1v) is 7.36. The molecule has 0 amide bonds. The maximum atomic E-state index is 2.35. The zero-order valence-corrected chi connectivity index (χ0v) is 12.2. The van der Waals surface area contributed by atoms with Gasteiger partial charge in [0.25, 0.3) is 0 Å². The summed E-state index contributed by atoms with van der Waals surface area (Å²) in [4.78, 5) is 0. The van der Waals surface area contributed by atoms with Gasteiger partial charge in [0.15, 0.2) is 0 Å². The normalized spacial score (nSPS) is 11.9. The Labute approximate surface area is 119 Å². The highest BCUT2D eigenvalue weighted by Crippen LogP contribution is 2.37. The van der Waals surface area contributed by atoms with E-state index in [1.54, 1.807) is 0 Å². The molecule has 0 heterocycles. The lowest BCUT2D eigenvalue weighted by Crippen LogP contribution is -1.90. The summed E-state index contributed by atoms with van der Waals surface area (Å²) in [5.74, 6) is 0. The van der Waals surface area contributed by atoms with Crippen molar-refractivity contribution in [3.05, 3.63) is 59.2 Å². The van der Waals surface area contributed by atoms with Crippen LogP contribution in [0.5, 0.6) is 0 Å². The minimum absolute atomic E-state index is 1.09. The zero-order chi connectivity index (χ0) is 13.9. The van der Waals surface area contributed by atoms with Gasteiger partial charge in [0.2, 0.25) is 0 Å². The summed E-state index contributed by atoms with van der Waals surface area (Å²) < 4.78 is 0. The second kappa shape index (κ2) is 3.96. The van der Waals surface area contributed by atoms with Crippen molar-refractivity contribution in [2.75, 3.05) is 0 Å². The van der Waals surface area contributed by atoms with E-state index in [1.165, 1.54) is 49.0 Å². The first kappa shape index (κ1) is 11.7. The van der Waals surface area contributed by atoms with Gasteiger partial charge >= 0.3 is 0 Å². The molecule has 0 saturated heterocycles. The molecule has 4 aromatic carbocycles. The Morgan fingerprint density at radius 3 is 1.75 bits per heavy atom. The van der Waals surface area contributed by atoms with Crippen LogP contribution in [-0.2, 0) is 6.42 Å². The molecule has 0 aromatic heterocycles. The molecule has 0 aliphatic rings. The highest BCUT2D eigenvalue weighted by atomic mass is 14.1. The summed E-state index contributed by atoms with van der Waals surface area (Å²) in [6.07, 6.45) is 1.09. The number of aryl methyl sites for hydroxylation is 3. The van der Waals surface area contributed by atoms with Crippen LogP contribution in [0.3, 0.4) is 0 Å². The van der Waals surface area contributed by atoms with Crippen LogP contribution in [0, 0.1) is 13.8 Å². The quantitative estimate of drug-likeness (QED) is 0.380. The molecule has 0 spiro atoms. The lowest BCUT2D eigenvalue weighted by Gasteiger charge is -2.15. The standard InChI is InChI=1S/C20H18/c1-4-14-10-15-5-7-17-12(2)9-13(3)18-8-6-16(11-14)19(15)20(17)18/h5-11H,4H2,1-3H3. The third kappa shape index (κ3) is 1.42. The minimum atomic E-state index is 1.09. The van der Waals surface area contributed by atoms with Gasteiger partial charge in [-0.3, -0.25) is 0 Å². The lowest BCUT2D eigenvalue weighted by atomic mass is 9.89. The third-order valence-corrected chi connectivity index (χ3v) is 4.60. The number of rotatable bonds is 1. The molecule has 98 valence electrons. The molecular formula is C20H18. The van der Waals surface area contributed by atoms with Gasteiger partial charge in [-0.25, -0.2) is 0 Å². The Balaban J connectivity index is 2.35. The van der Waals surface area contributed by atoms with Crippen molar-refractivity contribution in [2.45, 2.75) is 27.2 Å². The Morgan fingerprint density at radius 1 is 0.700 bits per heavy atom. The molecule has 0 aliphatic carbocycles. The van der Waals surface area contributed by atoms with Crippen LogP contribution < -0.4 is 0 Å². The maximum Gasteiger partial charge on any atom is -0.00215 e. The number of hydrogen-bond donors (Lipinski definition) is 0. The summed E-state index contributed by atoms with van der Waals surface area (Å²) in [5.41, 5.74) is 4.18. The fourth-order valence-corrected chi connectivity index (χ4v) is 3.57. The van der Waals surface area contributed by atoms with Crippen molar-refractivity contribution in [2.24, 2.45) is 0 Å². The average molecular weight is 258 g/mol. The minimum Gasteiger partial charge on any atom is -0.0613 e. The average Bonchev–Trinajstić information content (AvgIpc) is 2.46. The van der Waals surface area contributed by atoms with Crippen molar-refractivity contribution >= 4 is 32.3 Å². The molecule has 0 atom stereocenters. The topological polar surface area (TPSA) is 0 Å². The molecule has 0 saturated carbocycles. The molecule has 0 unspecified atom stereocenters. The second-order valence-corrected chi connectivity index (χ2v) is 5.88. The van der Waals surface area contributed by atoms with E-state index in [4.69, 9.17) is 0 Å². The Hall–Kier alpha value is -2.08. The molecule has 0 aliphatic heterocycles. The van der Waals surface area contributed by atoms with Gasteiger partial charge in [-0.05, 0) is 69.3 Å². The van der Waals surface area contributed by atoms with E-state index in [2.05, 4.69) is 63.2 Å². The van der Waals surface area contributed by atoms with E-state index >= 15 is 0 Å². The largest absolute Gasteiger partial charge is 0.0613 e. The van der Waals surface area contributed by atoms with E-state index in [9.17, 15) is 0 Å². The van der Waals surface area contributed by atoms with Crippen molar-refractivity contribution < 1.29 is 0 Å². The van der Waals surface area contributed by atoms with Gasteiger partial charge < -0.3 is 0 Å². The maximum absolute atomic E-state index is 2.35. The third-order valence-electron chi connectivity index (χ3n) is 4.60. The van der Waals surface area contributed by atoms with Crippen LogP contribution in [0.25, 0.3) is 32.3 Å². The molecule has 0 bridgehead atoms. The molecule has 4 aromatic rings. The SMILES string of the molecule is CCc1cc2ccc3c(C)cc(C)c4ccc(c1)c2c34. The van der Waals surface area contributed by atoms with Crippen molar-refractivity contribution in [3.63, 3.8) is 0 Å². The monoisotopic (exact) mass is 258 g/mol. The predicted octanol–water partition coefficient (Wildman–Crippen LogP) is 5.76. The van der Waals surface area contributed by atoms with Gasteiger partial charge in [0.05, 0.1) is 0 Å². The number of benzene rings is 4. The van der Waals surface area contributed by atoms with Crippen LogP contribution >= 0.6 is 0 Å². The van der Waals surface area contributed by atoms with Crippen LogP contribution in [0.2, 0.25) is 0 Å². The fourth-order valence-electron chi connectivity index (χ4n) is 3.57. The van der Waals surface area contributed by atoms with Gasteiger partial charge in [0.1, 0.15) is 0 Å². The summed E-state index contributed by atoms with van der Waals surface area (Å²) in [7, 11) is 0. The summed E-state index contributed by atoms with van der Waals surface area (Å²) >= 11 is 0. The number of hydrogen-bond acceptors (Lipinski definition) is 0. The summed E-state index contributed by atoms with van der Waals surface area (Å²) in [6, 6.07) is 16.1. The molecular weight excluding hydrogens is 240 g/mol. The van der Waals surface area contributed by atoms with Gasteiger partial charge in [-0.15, -0.1) is 0 Å². The Morgan fingerprint density at radius 2 is 1.25 bits per heavy atom. The Kier molecular flexibility index (Phi) is 2.32. The molecule has 20 heavy (non-hydrogen) atoms. The lowest BCUT2D eigenvalue weighted by molar-refractivity contribution is 1.15. The van der Waals surface area contributed by atoms with Crippen LogP contribution in [-0.4, -0.2) is 0 Å². The Bertz CT molecular complexity index is 875. The van der Waals surface area contributed by atoms with Gasteiger partial charge in [0, 0.05) is 0 Å². The van der Waals surface area contributed by atoms with Crippen LogP contribution in [0.15, 0.2) is 42.5 Å². The van der Waals surface area contributed by atoms with E-state index in [0.29, 0.717) is 0 Å². The van der Waals surface area contributed by atoms with Crippen molar-refractivity contribution in [3.8, 4) is 0 Å². The first-order chi connectivity index (χ1) is 9.69. The van der Waals surface area contributed by atoms with E-state index < -0.39 is 0 Å². The van der Waals surface area contributed by atoms with E-state index in [1.807, 2.05) is 0 Å². The zero-order valence-electron chi connectivity index (χ0n) is 12.2. The van der Waals surface area contributed by atoms with E-state index in [-0.39, 0.29) is 0 Å². The molecule has 0 radical (unpaired) electrons. The van der Waals surface area contributed by atoms with Gasteiger partial charge in [-0.2, -0.15) is 0 Å². The van der Waals surface area contributed by atoms with Crippen molar-refractivity contribution in [1.29, 1.82) is 0 Å². The molecule has 0 heteroatoms.